The molecule has 0 aromatic rings. The molecule has 5 N–H and O–H groups in total. The molecular formula is C8H13O8-. The highest BCUT2D eigenvalue weighted by atomic mass is 16.7. The highest BCUT2D eigenvalue weighted by molar-refractivity contribution is 5.73. The average Bonchev–Trinajstić information content (AvgIpc) is 2.22. The molecule has 0 spiro atoms. The second kappa shape index (κ2) is 4.62. The summed E-state index contributed by atoms with van der Waals surface area (Å²) in [5.41, 5.74) is 0. The van der Waals surface area contributed by atoms with Crippen LogP contribution in [0.3, 0.4) is 0 Å². The minimum Gasteiger partial charge on any atom is -0.544 e. The summed E-state index contributed by atoms with van der Waals surface area (Å²) in [7, 11) is 0. The lowest BCUT2D eigenvalue weighted by Crippen LogP contribution is -2.64. The van der Waals surface area contributed by atoms with E-state index in [0.29, 0.717) is 0 Å². The molecule has 94 valence electrons. The molecule has 1 saturated heterocycles. The third-order valence-electron chi connectivity index (χ3n) is 2.43. The van der Waals surface area contributed by atoms with E-state index < -0.39 is 49.2 Å². The molecule has 1 rings (SSSR count). The molecule has 0 aromatic carbocycles. The van der Waals surface area contributed by atoms with Crippen LogP contribution in [0.4, 0.5) is 0 Å². The van der Waals surface area contributed by atoms with Gasteiger partial charge in [-0.3, -0.25) is 0 Å². The molecule has 16 heavy (non-hydrogen) atoms. The second-order valence-corrected chi connectivity index (χ2v) is 3.67. The topological polar surface area (TPSA) is 151 Å². The van der Waals surface area contributed by atoms with Gasteiger partial charge in [0.2, 0.25) is 5.79 Å². The summed E-state index contributed by atoms with van der Waals surface area (Å²) in [6, 6.07) is 0. The molecular weight excluding hydrogens is 224 g/mol. The molecule has 0 aromatic heterocycles. The summed E-state index contributed by atoms with van der Waals surface area (Å²) in [5.74, 6) is -4.78. The van der Waals surface area contributed by atoms with Crippen molar-refractivity contribution < 1.29 is 40.2 Å². The minimum absolute atomic E-state index is 0.787. The van der Waals surface area contributed by atoms with Gasteiger partial charge in [0.15, 0.2) is 0 Å². The van der Waals surface area contributed by atoms with E-state index in [0.717, 1.165) is 0 Å². The van der Waals surface area contributed by atoms with Crippen LogP contribution in [0, 0.1) is 0 Å². The molecule has 1 fully saturated rings. The molecule has 1 aliphatic heterocycles. The zero-order valence-corrected chi connectivity index (χ0v) is 8.18. The number of hydrogen-bond donors (Lipinski definition) is 5. The molecule has 8 nitrogen and oxygen atoms in total. The molecule has 0 radical (unpaired) electrons. The fourth-order valence-corrected chi connectivity index (χ4v) is 1.51. The van der Waals surface area contributed by atoms with Crippen LogP contribution in [-0.4, -0.2) is 68.3 Å². The maximum atomic E-state index is 10.6. The molecule has 8 heteroatoms. The van der Waals surface area contributed by atoms with Crippen molar-refractivity contribution in [2.24, 2.45) is 0 Å². The predicted molar refractivity (Wildman–Crippen MR) is 44.6 cm³/mol. The van der Waals surface area contributed by atoms with Crippen molar-refractivity contribution in [2.45, 2.75) is 36.6 Å². The Labute approximate surface area is 90.3 Å². The Morgan fingerprint density at radius 3 is 2.56 bits per heavy atom. The van der Waals surface area contributed by atoms with E-state index in [-0.39, 0.29) is 0 Å². The summed E-state index contributed by atoms with van der Waals surface area (Å²) < 4.78 is 4.54. The largest absolute Gasteiger partial charge is 0.544 e. The van der Waals surface area contributed by atoms with Crippen LogP contribution in [0.15, 0.2) is 0 Å². The van der Waals surface area contributed by atoms with Crippen molar-refractivity contribution in [1.29, 1.82) is 0 Å². The molecule has 1 aliphatic rings. The SMILES string of the molecule is O=C([O-])[C@]1(O)C[C@H](O)[C@H](O)[C@H]([C@H](O)CO)O1. The van der Waals surface area contributed by atoms with Gasteiger partial charge >= 0.3 is 0 Å². The van der Waals surface area contributed by atoms with E-state index in [1.165, 1.54) is 0 Å². The monoisotopic (exact) mass is 237 g/mol. The summed E-state index contributed by atoms with van der Waals surface area (Å²) in [5, 5.41) is 56.5. The van der Waals surface area contributed by atoms with Gasteiger partial charge in [-0.1, -0.05) is 0 Å². The number of aliphatic carboxylic acids is 1. The lowest BCUT2D eigenvalue weighted by molar-refractivity contribution is -0.378. The van der Waals surface area contributed by atoms with Gasteiger partial charge in [-0.05, 0) is 0 Å². The summed E-state index contributed by atoms with van der Waals surface area (Å²) in [4.78, 5) is 10.6. The highest BCUT2D eigenvalue weighted by Crippen LogP contribution is 2.28. The Bertz CT molecular complexity index is 269. The molecule has 0 unspecified atom stereocenters. The van der Waals surface area contributed by atoms with Gasteiger partial charge in [0.05, 0.1) is 12.7 Å². The van der Waals surface area contributed by atoms with Gasteiger partial charge in [-0.15, -0.1) is 0 Å². The van der Waals surface area contributed by atoms with Crippen LogP contribution in [0.25, 0.3) is 0 Å². The van der Waals surface area contributed by atoms with E-state index in [9.17, 15) is 30.3 Å². The first-order valence-electron chi connectivity index (χ1n) is 4.58. The lowest BCUT2D eigenvalue weighted by atomic mass is 9.93. The number of carbonyl (C=O) groups excluding carboxylic acids is 1. The van der Waals surface area contributed by atoms with Crippen molar-refractivity contribution in [3.63, 3.8) is 0 Å². The Morgan fingerprint density at radius 1 is 1.56 bits per heavy atom. The number of carboxylic acids is 1. The minimum atomic E-state index is -2.79. The standard InChI is InChI=1S/C8H14O8/c9-2-4(11)6-5(12)3(10)1-8(15,16-6)7(13)14/h3-6,9-12,15H,1-2H2,(H,13,14)/p-1/t3-,4+,5-,6-,8-/m0/s1. The van der Waals surface area contributed by atoms with Crippen molar-refractivity contribution in [2.75, 3.05) is 6.61 Å². The Hall–Kier alpha value is -0.770. The number of carboxylic acid groups (broad SMARTS) is 1. The van der Waals surface area contributed by atoms with Gasteiger partial charge in [-0.2, -0.15) is 0 Å². The second-order valence-electron chi connectivity index (χ2n) is 3.67. The molecule has 0 amide bonds. The van der Waals surface area contributed by atoms with E-state index >= 15 is 0 Å². The zero-order chi connectivity index (χ0) is 12.5. The summed E-state index contributed by atoms with van der Waals surface area (Å²) in [6.07, 6.45) is -7.25. The first-order chi connectivity index (χ1) is 7.31. The number of hydrogen-bond acceptors (Lipinski definition) is 8. The number of rotatable bonds is 3. The van der Waals surface area contributed by atoms with Gasteiger partial charge in [0.1, 0.15) is 24.3 Å². The van der Waals surface area contributed by atoms with Crippen LogP contribution in [-0.2, 0) is 9.53 Å². The number of aliphatic hydroxyl groups excluding tert-OH is 4. The Balaban J connectivity index is 2.89. The van der Waals surface area contributed by atoms with Gasteiger partial charge in [-0.25, -0.2) is 0 Å². The Morgan fingerprint density at radius 2 is 2.12 bits per heavy atom. The van der Waals surface area contributed by atoms with Crippen molar-refractivity contribution in [3.05, 3.63) is 0 Å². The van der Waals surface area contributed by atoms with E-state index in [1.807, 2.05) is 0 Å². The van der Waals surface area contributed by atoms with Gasteiger partial charge < -0.3 is 40.2 Å². The average molecular weight is 237 g/mol. The summed E-state index contributed by atoms with van der Waals surface area (Å²) in [6.45, 7) is -0.822. The molecule has 5 atom stereocenters. The van der Waals surface area contributed by atoms with Crippen LogP contribution in [0.1, 0.15) is 6.42 Å². The maximum Gasteiger partial charge on any atom is 0.210 e. The smallest absolute Gasteiger partial charge is 0.210 e. The normalized spacial score (nSPS) is 41.7. The highest BCUT2D eigenvalue weighted by Gasteiger charge is 2.48. The first kappa shape index (κ1) is 13.3. The predicted octanol–water partition coefficient (Wildman–Crippen LogP) is -4.71. The molecule has 1 heterocycles. The van der Waals surface area contributed by atoms with E-state index in [2.05, 4.69) is 4.74 Å². The lowest BCUT2D eigenvalue weighted by Gasteiger charge is -2.43. The van der Waals surface area contributed by atoms with Crippen LogP contribution in [0.2, 0.25) is 0 Å². The number of carbonyl (C=O) groups is 1. The number of aliphatic hydroxyl groups is 5. The first-order valence-corrected chi connectivity index (χ1v) is 4.58. The molecule has 0 bridgehead atoms. The molecule has 0 aliphatic carbocycles. The van der Waals surface area contributed by atoms with Gasteiger partial charge in [0.25, 0.3) is 0 Å². The van der Waals surface area contributed by atoms with Crippen molar-refractivity contribution >= 4 is 5.97 Å². The van der Waals surface area contributed by atoms with Crippen LogP contribution < -0.4 is 5.11 Å². The molecule has 0 saturated carbocycles. The van der Waals surface area contributed by atoms with E-state index in [4.69, 9.17) is 5.11 Å². The maximum absolute atomic E-state index is 10.6. The third kappa shape index (κ3) is 2.32. The quantitative estimate of drug-likeness (QED) is 0.328. The van der Waals surface area contributed by atoms with Gasteiger partial charge in [0, 0.05) is 6.42 Å². The van der Waals surface area contributed by atoms with Crippen molar-refractivity contribution in [3.8, 4) is 0 Å². The third-order valence-corrected chi connectivity index (χ3v) is 2.43. The fourth-order valence-electron chi connectivity index (χ4n) is 1.51. The zero-order valence-electron chi connectivity index (χ0n) is 8.18. The fraction of sp³-hybridized carbons (Fsp3) is 0.875. The summed E-state index contributed by atoms with van der Waals surface area (Å²) >= 11 is 0. The number of ether oxygens (including phenoxy) is 1. The van der Waals surface area contributed by atoms with Crippen LogP contribution in [0.5, 0.6) is 0 Å². The van der Waals surface area contributed by atoms with Crippen LogP contribution >= 0.6 is 0 Å². The van der Waals surface area contributed by atoms with Crippen molar-refractivity contribution in [1.82, 2.24) is 0 Å². The Kier molecular flexibility index (Phi) is 3.84. The van der Waals surface area contributed by atoms with E-state index in [1.54, 1.807) is 0 Å².